The van der Waals surface area contributed by atoms with E-state index in [1.54, 1.807) is 23.9 Å². The van der Waals surface area contributed by atoms with Gasteiger partial charge in [-0.3, -0.25) is 0 Å². The van der Waals surface area contributed by atoms with Crippen LogP contribution in [0.3, 0.4) is 0 Å². The molecule has 0 saturated heterocycles. The lowest BCUT2D eigenvalue weighted by atomic mass is 9.84. The first-order valence-electron chi connectivity index (χ1n) is 10.4. The van der Waals surface area contributed by atoms with Crippen LogP contribution in [-0.2, 0) is 0 Å². The van der Waals surface area contributed by atoms with Gasteiger partial charge in [0.1, 0.15) is 30.0 Å². The minimum absolute atomic E-state index is 0.290. The zero-order valence-corrected chi connectivity index (χ0v) is 19.1. The van der Waals surface area contributed by atoms with Gasteiger partial charge >= 0.3 is 0 Å². The molecule has 1 aromatic heterocycles. The zero-order valence-electron chi connectivity index (χ0n) is 17.5. The number of nitrogens with zero attached hydrogens (tertiary/aromatic N) is 3. The Labute approximate surface area is 199 Å². The van der Waals surface area contributed by atoms with Crippen molar-refractivity contribution in [1.29, 1.82) is 0 Å². The van der Waals surface area contributed by atoms with Crippen molar-refractivity contribution in [3.8, 4) is 5.75 Å². The van der Waals surface area contributed by atoms with E-state index in [1.807, 2.05) is 22.9 Å². The van der Waals surface area contributed by atoms with Crippen LogP contribution < -0.4 is 10.1 Å². The lowest BCUT2D eigenvalue weighted by molar-refractivity contribution is 0.223. The number of thioether (sulfide) groups is 1. The largest absolute Gasteiger partial charge is 0.480 e. The standard InChI is InChI=1S/C25H18ClFN4OS/c1-33-18-9-4-15(5-10-18)24-21-22(19-12-16(26)6-11-20(19)32-24)30-25-28-13-29-31(25)23(21)14-2-7-17(27)8-3-14/h2-13,23-24H,1H3,(H,28,29,30)/t23-,24-/m0/s1. The summed E-state index contributed by atoms with van der Waals surface area (Å²) in [6.45, 7) is 0. The number of nitrogens with one attached hydrogen (secondary N) is 1. The highest BCUT2D eigenvalue weighted by Gasteiger charge is 2.41. The summed E-state index contributed by atoms with van der Waals surface area (Å²) in [5, 5.41) is 8.55. The molecule has 33 heavy (non-hydrogen) atoms. The smallest absolute Gasteiger partial charge is 0.226 e. The maximum Gasteiger partial charge on any atom is 0.226 e. The molecule has 2 aliphatic rings. The van der Waals surface area contributed by atoms with E-state index in [0.717, 1.165) is 33.7 Å². The van der Waals surface area contributed by atoms with Crippen LogP contribution in [0.15, 0.2) is 83.5 Å². The SMILES string of the molecule is CSc1ccc([C@@H]2Oc3ccc(Cl)cc3C3=C2[C@H](c2ccc(F)cc2)n2ncnc2N3)cc1. The quantitative estimate of drug-likeness (QED) is 0.349. The molecule has 1 N–H and O–H groups in total. The number of fused-ring (bicyclic) bond motifs is 3. The fourth-order valence-corrected chi connectivity index (χ4v) is 5.04. The second-order valence-corrected chi connectivity index (χ2v) is 9.17. The molecule has 4 aromatic rings. The molecule has 0 bridgehead atoms. The van der Waals surface area contributed by atoms with Crippen LogP contribution in [0.1, 0.15) is 28.8 Å². The lowest BCUT2D eigenvalue weighted by Crippen LogP contribution is -2.32. The molecule has 0 unspecified atom stereocenters. The average Bonchev–Trinajstić information content (AvgIpc) is 3.31. The van der Waals surface area contributed by atoms with Crippen molar-refractivity contribution in [2.24, 2.45) is 0 Å². The van der Waals surface area contributed by atoms with E-state index in [0.29, 0.717) is 11.0 Å². The van der Waals surface area contributed by atoms with Crippen LogP contribution in [-0.4, -0.2) is 21.0 Å². The molecule has 0 fully saturated rings. The third kappa shape index (κ3) is 3.39. The minimum atomic E-state index is -0.385. The maximum atomic E-state index is 13.8. The number of benzene rings is 3. The van der Waals surface area contributed by atoms with E-state index in [4.69, 9.17) is 16.3 Å². The van der Waals surface area contributed by atoms with E-state index >= 15 is 0 Å². The van der Waals surface area contributed by atoms with Gasteiger partial charge in [-0.05, 0) is 59.8 Å². The third-order valence-corrected chi connectivity index (χ3v) is 6.96. The molecule has 3 heterocycles. The molecule has 5 nitrogen and oxygen atoms in total. The van der Waals surface area contributed by atoms with Crippen LogP contribution in [0.2, 0.25) is 5.02 Å². The topological polar surface area (TPSA) is 52.0 Å². The van der Waals surface area contributed by atoms with Crippen LogP contribution >= 0.6 is 23.4 Å². The molecule has 8 heteroatoms. The summed E-state index contributed by atoms with van der Waals surface area (Å²) in [5.74, 6) is 1.05. The van der Waals surface area contributed by atoms with E-state index in [9.17, 15) is 4.39 Å². The number of hydrogen-bond donors (Lipinski definition) is 1. The molecule has 2 atom stereocenters. The van der Waals surface area contributed by atoms with Crippen molar-refractivity contribution in [3.05, 3.63) is 106 Å². The first-order valence-corrected chi connectivity index (χ1v) is 12.0. The average molecular weight is 477 g/mol. The van der Waals surface area contributed by atoms with Crippen molar-refractivity contribution < 1.29 is 9.13 Å². The van der Waals surface area contributed by atoms with Gasteiger partial charge in [-0.25, -0.2) is 9.07 Å². The second kappa shape index (κ2) is 7.93. The molecule has 0 amide bonds. The molecule has 0 saturated carbocycles. The molecule has 6 rings (SSSR count). The van der Waals surface area contributed by atoms with Crippen molar-refractivity contribution in [3.63, 3.8) is 0 Å². The van der Waals surface area contributed by atoms with Crippen LogP contribution in [0, 0.1) is 5.82 Å². The Bertz CT molecular complexity index is 1380. The first-order chi connectivity index (χ1) is 16.1. The van der Waals surface area contributed by atoms with E-state index in [1.165, 1.54) is 23.4 Å². The number of halogens is 2. The number of aromatic nitrogens is 3. The highest BCUT2D eigenvalue weighted by Crippen LogP contribution is 2.51. The third-order valence-electron chi connectivity index (χ3n) is 5.98. The second-order valence-electron chi connectivity index (χ2n) is 7.85. The highest BCUT2D eigenvalue weighted by atomic mass is 35.5. The Balaban J connectivity index is 1.61. The van der Waals surface area contributed by atoms with E-state index in [2.05, 4.69) is 45.9 Å². The number of hydrogen-bond acceptors (Lipinski definition) is 5. The minimum Gasteiger partial charge on any atom is -0.480 e. The fraction of sp³-hybridized carbons (Fsp3) is 0.120. The summed E-state index contributed by atoms with van der Waals surface area (Å²) in [6.07, 6.45) is 3.18. The van der Waals surface area contributed by atoms with Gasteiger partial charge in [0.25, 0.3) is 0 Å². The van der Waals surface area contributed by atoms with E-state index < -0.39 is 0 Å². The van der Waals surface area contributed by atoms with Gasteiger partial charge in [-0.15, -0.1) is 11.8 Å². The van der Waals surface area contributed by atoms with Gasteiger partial charge in [-0.1, -0.05) is 35.9 Å². The maximum absolute atomic E-state index is 13.8. The van der Waals surface area contributed by atoms with Crippen molar-refractivity contribution in [2.75, 3.05) is 11.6 Å². The van der Waals surface area contributed by atoms with Gasteiger partial charge in [0.2, 0.25) is 5.95 Å². The molecule has 0 spiro atoms. The van der Waals surface area contributed by atoms with Crippen LogP contribution in [0.5, 0.6) is 5.75 Å². The summed E-state index contributed by atoms with van der Waals surface area (Å²) in [5.41, 5.74) is 4.60. The van der Waals surface area contributed by atoms with Crippen LogP contribution in [0.4, 0.5) is 10.3 Å². The fourth-order valence-electron chi connectivity index (χ4n) is 4.46. The number of rotatable bonds is 3. The number of anilines is 1. The summed E-state index contributed by atoms with van der Waals surface area (Å²) < 4.78 is 22.2. The summed E-state index contributed by atoms with van der Waals surface area (Å²) in [4.78, 5) is 5.59. The van der Waals surface area contributed by atoms with E-state index in [-0.39, 0.29) is 18.0 Å². The van der Waals surface area contributed by atoms with Crippen molar-refractivity contribution >= 4 is 35.0 Å². The summed E-state index contributed by atoms with van der Waals surface area (Å²) >= 11 is 8.05. The zero-order chi connectivity index (χ0) is 22.5. The van der Waals surface area contributed by atoms with Crippen LogP contribution in [0.25, 0.3) is 5.70 Å². The molecular formula is C25H18ClFN4OS. The Kier molecular flexibility index (Phi) is 4.89. The molecule has 0 radical (unpaired) electrons. The molecule has 3 aromatic carbocycles. The molecule has 0 aliphatic carbocycles. The monoisotopic (exact) mass is 476 g/mol. The Morgan fingerprint density at radius 3 is 2.55 bits per heavy atom. The number of ether oxygens (including phenoxy) is 1. The van der Waals surface area contributed by atoms with Crippen molar-refractivity contribution in [2.45, 2.75) is 17.0 Å². The predicted octanol–water partition coefficient (Wildman–Crippen LogP) is 6.35. The normalized spacial score (nSPS) is 18.6. The first kappa shape index (κ1) is 20.3. The Morgan fingerprint density at radius 2 is 1.79 bits per heavy atom. The summed E-state index contributed by atoms with van der Waals surface area (Å²) in [6, 6.07) is 20.1. The predicted molar refractivity (Wildman–Crippen MR) is 128 cm³/mol. The Morgan fingerprint density at radius 1 is 1.03 bits per heavy atom. The Hall–Kier alpha value is -3.29. The lowest BCUT2D eigenvalue weighted by Gasteiger charge is -2.39. The molecule has 164 valence electrons. The van der Waals surface area contributed by atoms with Gasteiger partial charge in [0, 0.05) is 21.1 Å². The highest BCUT2D eigenvalue weighted by molar-refractivity contribution is 7.98. The summed E-state index contributed by atoms with van der Waals surface area (Å²) in [7, 11) is 0. The molecular weight excluding hydrogens is 459 g/mol. The van der Waals surface area contributed by atoms with Crippen molar-refractivity contribution in [1.82, 2.24) is 14.8 Å². The molecule has 2 aliphatic heterocycles. The van der Waals surface area contributed by atoms with Gasteiger partial charge in [0.05, 0.1) is 5.70 Å². The van der Waals surface area contributed by atoms with Gasteiger partial charge in [-0.2, -0.15) is 10.1 Å². The van der Waals surface area contributed by atoms with Gasteiger partial charge in [0.15, 0.2) is 0 Å². The van der Waals surface area contributed by atoms with Gasteiger partial charge < -0.3 is 10.1 Å².